The van der Waals surface area contributed by atoms with Gasteiger partial charge in [-0.25, -0.2) is 8.42 Å². The Bertz CT molecular complexity index is 1400. The number of aromatic nitrogens is 1. The number of pyridine rings is 1. The van der Waals surface area contributed by atoms with Crippen molar-refractivity contribution < 1.29 is 31.5 Å². The standard InChI is InChI=1S/C24H24Cl2F2N2O5S/c1-23(2,3)22(32)35-18-16-13(8-7-11-29-16)24(4,5)36(33,34)19(18)12-9-10-14(25)17(15(12)26)30(6)21(31)20(27)28/h7-11,20H,1-6H3. The van der Waals surface area contributed by atoms with Crippen molar-refractivity contribution in [3.8, 4) is 0 Å². The number of esters is 1. The first-order valence-corrected chi connectivity index (χ1v) is 12.9. The molecular weight excluding hydrogens is 537 g/mol. The maximum atomic E-state index is 14.0. The first kappa shape index (κ1) is 28.0. The van der Waals surface area contributed by atoms with Gasteiger partial charge < -0.3 is 9.64 Å². The molecule has 1 amide bonds. The molecule has 0 N–H and O–H groups in total. The van der Waals surface area contributed by atoms with Gasteiger partial charge in [-0.15, -0.1) is 0 Å². The van der Waals surface area contributed by atoms with E-state index in [1.54, 1.807) is 32.9 Å². The summed E-state index contributed by atoms with van der Waals surface area (Å²) in [5.41, 5.74) is -1.13. The SMILES string of the molecule is CN(C(=O)C(F)F)c1c(Cl)ccc(C2=C(OC(=O)C(C)(C)C)c3ncccc3C(C)(C)S2(=O)=O)c1Cl. The lowest BCUT2D eigenvalue weighted by Gasteiger charge is -2.35. The van der Waals surface area contributed by atoms with Crippen LogP contribution in [0.5, 0.6) is 0 Å². The average molecular weight is 561 g/mol. The van der Waals surface area contributed by atoms with Crippen molar-refractivity contribution in [2.24, 2.45) is 5.41 Å². The third kappa shape index (κ3) is 4.50. The first-order valence-electron chi connectivity index (χ1n) is 10.7. The van der Waals surface area contributed by atoms with E-state index in [-0.39, 0.29) is 27.7 Å². The van der Waals surface area contributed by atoms with Crippen LogP contribution in [0, 0.1) is 5.41 Å². The van der Waals surface area contributed by atoms with Crippen LogP contribution in [0.3, 0.4) is 0 Å². The van der Waals surface area contributed by atoms with Gasteiger partial charge in [0, 0.05) is 24.4 Å². The molecule has 2 heterocycles. The van der Waals surface area contributed by atoms with E-state index in [2.05, 4.69) is 4.98 Å². The molecule has 1 aliphatic heterocycles. The fourth-order valence-electron chi connectivity index (χ4n) is 3.59. The molecular formula is C24H24Cl2F2N2O5S. The molecule has 1 aromatic heterocycles. The molecule has 0 saturated heterocycles. The number of sulfone groups is 1. The molecule has 1 aliphatic rings. The molecule has 0 saturated carbocycles. The lowest BCUT2D eigenvalue weighted by molar-refractivity contribution is -0.145. The van der Waals surface area contributed by atoms with Crippen LogP contribution < -0.4 is 4.90 Å². The molecule has 36 heavy (non-hydrogen) atoms. The number of carbonyl (C=O) groups excluding carboxylic acids is 2. The Labute approximate surface area is 218 Å². The summed E-state index contributed by atoms with van der Waals surface area (Å²) in [6.45, 7) is 7.70. The van der Waals surface area contributed by atoms with Crippen molar-refractivity contribution in [3.63, 3.8) is 0 Å². The average Bonchev–Trinajstić information content (AvgIpc) is 2.77. The Kier molecular flexibility index (Phi) is 7.31. The Morgan fingerprint density at radius 1 is 1.14 bits per heavy atom. The highest BCUT2D eigenvalue weighted by atomic mass is 35.5. The van der Waals surface area contributed by atoms with E-state index in [0.717, 1.165) is 7.05 Å². The minimum Gasteiger partial charge on any atom is -0.422 e. The Hall–Kier alpha value is -2.56. The molecule has 0 spiro atoms. The second kappa shape index (κ2) is 9.39. The molecule has 0 bridgehead atoms. The molecule has 3 rings (SSSR count). The normalized spacial score (nSPS) is 16.5. The van der Waals surface area contributed by atoms with Gasteiger partial charge in [0.1, 0.15) is 10.6 Å². The number of carbonyl (C=O) groups is 2. The third-order valence-corrected chi connectivity index (χ3v) is 8.98. The van der Waals surface area contributed by atoms with Crippen LogP contribution >= 0.6 is 23.2 Å². The van der Waals surface area contributed by atoms with Gasteiger partial charge in [0.05, 0.1) is 25.9 Å². The molecule has 0 aliphatic carbocycles. The highest BCUT2D eigenvalue weighted by Gasteiger charge is 2.49. The zero-order valence-corrected chi connectivity index (χ0v) is 22.6. The fraction of sp³-hybridized carbons (Fsp3) is 0.375. The quantitative estimate of drug-likeness (QED) is 0.445. The number of hydrogen-bond acceptors (Lipinski definition) is 6. The fourth-order valence-corrected chi connectivity index (χ4v) is 6.17. The van der Waals surface area contributed by atoms with Crippen LogP contribution in [0.4, 0.5) is 14.5 Å². The monoisotopic (exact) mass is 560 g/mol. The summed E-state index contributed by atoms with van der Waals surface area (Å²) in [4.78, 5) is 29.3. The van der Waals surface area contributed by atoms with E-state index in [4.69, 9.17) is 27.9 Å². The van der Waals surface area contributed by atoms with Gasteiger partial charge in [0.25, 0.3) is 5.91 Å². The van der Waals surface area contributed by atoms with Gasteiger partial charge in [-0.1, -0.05) is 35.3 Å². The van der Waals surface area contributed by atoms with Gasteiger partial charge in [-0.05, 0) is 46.8 Å². The molecule has 1 aromatic carbocycles. The summed E-state index contributed by atoms with van der Waals surface area (Å²) in [6, 6.07) is 5.60. The number of fused-ring (bicyclic) bond motifs is 1. The van der Waals surface area contributed by atoms with Gasteiger partial charge >= 0.3 is 12.4 Å². The molecule has 7 nitrogen and oxygen atoms in total. The summed E-state index contributed by atoms with van der Waals surface area (Å²) in [7, 11) is -3.30. The second-order valence-electron chi connectivity index (χ2n) is 9.67. The second-order valence-corrected chi connectivity index (χ2v) is 12.9. The largest absolute Gasteiger partial charge is 0.422 e. The highest BCUT2D eigenvalue weighted by molar-refractivity contribution is 8.01. The summed E-state index contributed by atoms with van der Waals surface area (Å²) < 4.78 is 58.5. The van der Waals surface area contributed by atoms with Crippen molar-refractivity contribution in [1.82, 2.24) is 4.98 Å². The van der Waals surface area contributed by atoms with E-state index in [1.165, 1.54) is 32.2 Å². The van der Waals surface area contributed by atoms with E-state index < -0.39 is 48.2 Å². The number of halogens is 4. The molecule has 0 unspecified atom stereocenters. The summed E-state index contributed by atoms with van der Waals surface area (Å²) in [5, 5.41) is -0.558. The van der Waals surface area contributed by atoms with Gasteiger partial charge in [-0.3, -0.25) is 14.6 Å². The predicted octanol–water partition coefficient (Wildman–Crippen LogP) is 5.69. The van der Waals surface area contributed by atoms with E-state index in [9.17, 15) is 26.8 Å². The summed E-state index contributed by atoms with van der Waals surface area (Å²) in [5.74, 6) is -2.69. The molecule has 0 atom stereocenters. The van der Waals surface area contributed by atoms with Gasteiger partial charge in [-0.2, -0.15) is 8.78 Å². The number of ether oxygens (including phenoxy) is 1. The van der Waals surface area contributed by atoms with E-state index in [1.807, 2.05) is 0 Å². The predicted molar refractivity (Wildman–Crippen MR) is 134 cm³/mol. The van der Waals surface area contributed by atoms with E-state index in [0.29, 0.717) is 10.5 Å². The van der Waals surface area contributed by atoms with Crippen molar-refractivity contribution in [3.05, 3.63) is 57.3 Å². The minimum atomic E-state index is -4.34. The van der Waals surface area contributed by atoms with Crippen LogP contribution in [-0.2, 0) is 28.9 Å². The number of anilines is 1. The number of amides is 1. The number of benzene rings is 1. The molecule has 0 radical (unpaired) electrons. The van der Waals surface area contributed by atoms with Crippen LogP contribution in [0.25, 0.3) is 10.7 Å². The van der Waals surface area contributed by atoms with E-state index >= 15 is 0 Å². The minimum absolute atomic E-state index is 0.106. The molecule has 194 valence electrons. The lowest BCUT2D eigenvalue weighted by atomic mass is 9.96. The number of hydrogen-bond donors (Lipinski definition) is 0. The van der Waals surface area contributed by atoms with Crippen LogP contribution in [0.15, 0.2) is 30.5 Å². The van der Waals surface area contributed by atoms with Crippen LogP contribution in [-0.4, -0.2) is 38.8 Å². The zero-order valence-electron chi connectivity index (χ0n) is 20.3. The van der Waals surface area contributed by atoms with Crippen LogP contribution in [0.2, 0.25) is 10.0 Å². The van der Waals surface area contributed by atoms with Crippen molar-refractivity contribution in [1.29, 1.82) is 0 Å². The topological polar surface area (TPSA) is 93.6 Å². The first-order chi connectivity index (χ1) is 16.4. The summed E-state index contributed by atoms with van der Waals surface area (Å²) >= 11 is 12.7. The highest BCUT2D eigenvalue weighted by Crippen LogP contribution is 2.51. The zero-order chi connectivity index (χ0) is 27.4. The van der Waals surface area contributed by atoms with Gasteiger partial charge in [0.2, 0.25) is 0 Å². The maximum absolute atomic E-state index is 14.0. The Morgan fingerprint density at radius 3 is 2.31 bits per heavy atom. The van der Waals surface area contributed by atoms with Crippen molar-refractivity contribution in [2.45, 2.75) is 45.8 Å². The third-order valence-electron chi connectivity index (χ3n) is 5.79. The Morgan fingerprint density at radius 2 is 1.75 bits per heavy atom. The van der Waals surface area contributed by atoms with Crippen molar-refractivity contribution >= 4 is 61.3 Å². The number of alkyl halides is 2. The Balaban J connectivity index is 2.46. The number of nitrogens with zero attached hydrogens (tertiary/aromatic N) is 2. The molecule has 0 fully saturated rings. The lowest BCUT2D eigenvalue weighted by Crippen LogP contribution is -2.36. The number of rotatable bonds is 4. The van der Waals surface area contributed by atoms with Gasteiger partial charge in [0.15, 0.2) is 15.6 Å². The van der Waals surface area contributed by atoms with Crippen molar-refractivity contribution in [2.75, 3.05) is 11.9 Å². The maximum Gasteiger partial charge on any atom is 0.316 e. The summed E-state index contributed by atoms with van der Waals surface area (Å²) in [6.07, 6.45) is -1.94. The smallest absolute Gasteiger partial charge is 0.316 e. The molecule has 2 aromatic rings. The molecule has 12 heteroatoms. The van der Waals surface area contributed by atoms with Crippen LogP contribution in [0.1, 0.15) is 51.4 Å².